The van der Waals surface area contributed by atoms with Crippen LogP contribution in [0.2, 0.25) is 0 Å². The highest BCUT2D eigenvalue weighted by Gasteiger charge is 2.27. The molecule has 1 N–H and O–H groups in total. The van der Waals surface area contributed by atoms with Gasteiger partial charge >= 0.3 is 0 Å². The molecular weight excluding hydrogens is 284 g/mol. The lowest BCUT2D eigenvalue weighted by atomic mass is 10.0. The Morgan fingerprint density at radius 1 is 1.45 bits per heavy atom. The van der Waals surface area contributed by atoms with E-state index in [0.29, 0.717) is 23.2 Å². The van der Waals surface area contributed by atoms with Crippen LogP contribution in [-0.2, 0) is 15.5 Å². The summed E-state index contributed by atoms with van der Waals surface area (Å²) in [6.45, 7) is 4.15. The monoisotopic (exact) mass is 303 g/mol. The van der Waals surface area contributed by atoms with Crippen molar-refractivity contribution >= 4 is 10.8 Å². The predicted molar refractivity (Wildman–Crippen MR) is 74.0 cm³/mol. The quantitative estimate of drug-likeness (QED) is 0.874. The van der Waals surface area contributed by atoms with Crippen LogP contribution in [0.3, 0.4) is 0 Å². The first-order chi connectivity index (χ1) is 9.61. The van der Waals surface area contributed by atoms with Gasteiger partial charge in [-0.05, 0) is 31.2 Å². The molecule has 1 fully saturated rings. The van der Waals surface area contributed by atoms with Gasteiger partial charge in [-0.2, -0.15) is 0 Å². The van der Waals surface area contributed by atoms with E-state index < -0.39 is 22.4 Å². The summed E-state index contributed by atoms with van der Waals surface area (Å²) in [4.78, 5) is 0.325. The maximum absolute atomic E-state index is 13.2. The molecular formula is C14H19F2NO2S. The fourth-order valence-corrected chi connectivity index (χ4v) is 3.74. The molecule has 1 aromatic rings. The van der Waals surface area contributed by atoms with Crippen molar-refractivity contribution in [2.24, 2.45) is 5.92 Å². The molecule has 0 amide bonds. The van der Waals surface area contributed by atoms with Gasteiger partial charge in [0.05, 0.1) is 17.4 Å². The van der Waals surface area contributed by atoms with E-state index >= 15 is 0 Å². The Balaban J connectivity index is 2.05. The first-order valence-electron chi connectivity index (χ1n) is 6.76. The average molecular weight is 303 g/mol. The molecule has 0 aromatic heterocycles. The number of rotatable bonds is 6. The van der Waals surface area contributed by atoms with Gasteiger partial charge in [0.25, 0.3) is 0 Å². The fourth-order valence-electron chi connectivity index (χ4n) is 2.37. The van der Waals surface area contributed by atoms with Crippen molar-refractivity contribution in [1.29, 1.82) is 0 Å². The zero-order valence-corrected chi connectivity index (χ0v) is 12.2. The first kappa shape index (κ1) is 15.5. The Kier molecular flexibility index (Phi) is 5.63. The largest absolute Gasteiger partial charge is 0.381 e. The number of ether oxygens (including phenoxy) is 1. The summed E-state index contributed by atoms with van der Waals surface area (Å²) < 4.78 is 43.7. The Hall–Kier alpha value is -0.850. The third kappa shape index (κ3) is 3.84. The van der Waals surface area contributed by atoms with Gasteiger partial charge in [0.2, 0.25) is 0 Å². The molecule has 1 aliphatic rings. The minimum atomic E-state index is -1.35. The van der Waals surface area contributed by atoms with Gasteiger partial charge in [0.15, 0.2) is 11.6 Å². The highest BCUT2D eigenvalue weighted by molar-refractivity contribution is 7.85. The Bertz CT molecular complexity index is 478. The standard InChI is InChI=1S/C14H19F2NO2S/c1-2-17-14(10-5-6-19-8-10)9-20(18)11-3-4-12(15)13(16)7-11/h3-4,7,10,14,17H,2,5-6,8-9H2,1H3. The summed E-state index contributed by atoms with van der Waals surface area (Å²) >= 11 is 0. The third-order valence-corrected chi connectivity index (χ3v) is 4.93. The SMILES string of the molecule is CCNC(CS(=O)c1ccc(F)c(F)c1)C1CCOC1. The van der Waals surface area contributed by atoms with Gasteiger partial charge in [0.1, 0.15) is 0 Å². The van der Waals surface area contributed by atoms with E-state index in [0.717, 1.165) is 31.7 Å². The molecule has 1 aromatic carbocycles. The van der Waals surface area contributed by atoms with Crippen LogP contribution < -0.4 is 5.32 Å². The second-order valence-electron chi connectivity index (χ2n) is 4.88. The third-order valence-electron chi connectivity index (χ3n) is 3.49. The van der Waals surface area contributed by atoms with Crippen LogP contribution in [0.5, 0.6) is 0 Å². The van der Waals surface area contributed by atoms with Crippen LogP contribution in [0.15, 0.2) is 23.1 Å². The number of halogens is 2. The Labute approximate surface area is 120 Å². The topological polar surface area (TPSA) is 38.3 Å². The lowest BCUT2D eigenvalue weighted by Crippen LogP contribution is -2.40. The predicted octanol–water partition coefficient (Wildman–Crippen LogP) is 2.09. The van der Waals surface area contributed by atoms with Crippen LogP contribution in [0.25, 0.3) is 0 Å². The normalized spacial score (nSPS) is 21.9. The van der Waals surface area contributed by atoms with Crippen LogP contribution in [-0.4, -0.2) is 35.8 Å². The minimum Gasteiger partial charge on any atom is -0.381 e. The second kappa shape index (κ2) is 7.24. The molecule has 0 bridgehead atoms. The molecule has 20 heavy (non-hydrogen) atoms. The molecule has 3 atom stereocenters. The molecule has 2 rings (SSSR count). The summed E-state index contributed by atoms with van der Waals surface area (Å²) in [5.41, 5.74) is 0. The molecule has 0 spiro atoms. The van der Waals surface area contributed by atoms with Crippen molar-refractivity contribution in [2.45, 2.75) is 24.3 Å². The van der Waals surface area contributed by atoms with Crippen molar-refractivity contribution < 1.29 is 17.7 Å². The van der Waals surface area contributed by atoms with Crippen LogP contribution in [0, 0.1) is 17.6 Å². The van der Waals surface area contributed by atoms with Crippen molar-refractivity contribution in [1.82, 2.24) is 5.32 Å². The molecule has 0 saturated carbocycles. The van der Waals surface area contributed by atoms with E-state index in [2.05, 4.69) is 5.32 Å². The van der Waals surface area contributed by atoms with E-state index in [1.165, 1.54) is 6.07 Å². The van der Waals surface area contributed by atoms with E-state index in [4.69, 9.17) is 4.74 Å². The average Bonchev–Trinajstić information content (AvgIpc) is 2.95. The highest BCUT2D eigenvalue weighted by Crippen LogP contribution is 2.20. The van der Waals surface area contributed by atoms with Gasteiger partial charge in [-0.1, -0.05) is 6.92 Å². The van der Waals surface area contributed by atoms with E-state index in [1.807, 2.05) is 6.92 Å². The van der Waals surface area contributed by atoms with E-state index in [9.17, 15) is 13.0 Å². The zero-order chi connectivity index (χ0) is 14.5. The van der Waals surface area contributed by atoms with Crippen LogP contribution in [0.4, 0.5) is 8.78 Å². The molecule has 0 aliphatic carbocycles. The van der Waals surface area contributed by atoms with Crippen molar-refractivity contribution in [3.05, 3.63) is 29.8 Å². The minimum absolute atomic E-state index is 0.0662. The lowest BCUT2D eigenvalue weighted by Gasteiger charge is -2.22. The molecule has 1 heterocycles. The van der Waals surface area contributed by atoms with E-state index in [-0.39, 0.29) is 6.04 Å². The number of hydrogen-bond donors (Lipinski definition) is 1. The van der Waals surface area contributed by atoms with Gasteiger partial charge in [-0.25, -0.2) is 8.78 Å². The first-order valence-corrected chi connectivity index (χ1v) is 8.08. The smallest absolute Gasteiger partial charge is 0.160 e. The number of hydrogen-bond acceptors (Lipinski definition) is 3. The maximum Gasteiger partial charge on any atom is 0.160 e. The lowest BCUT2D eigenvalue weighted by molar-refractivity contribution is 0.179. The molecule has 112 valence electrons. The second-order valence-corrected chi connectivity index (χ2v) is 6.37. The molecule has 0 radical (unpaired) electrons. The fraction of sp³-hybridized carbons (Fsp3) is 0.571. The summed E-state index contributed by atoms with van der Waals surface area (Å²) in [5.74, 6) is -1.17. The zero-order valence-electron chi connectivity index (χ0n) is 11.4. The molecule has 1 saturated heterocycles. The summed E-state index contributed by atoms with van der Waals surface area (Å²) in [5, 5.41) is 3.31. The summed E-state index contributed by atoms with van der Waals surface area (Å²) in [6, 6.07) is 3.47. The van der Waals surface area contributed by atoms with Crippen molar-refractivity contribution in [2.75, 3.05) is 25.5 Å². The van der Waals surface area contributed by atoms with Gasteiger partial charge < -0.3 is 10.1 Å². The van der Waals surface area contributed by atoms with Crippen LogP contribution in [0.1, 0.15) is 13.3 Å². The van der Waals surface area contributed by atoms with Crippen LogP contribution >= 0.6 is 0 Å². The van der Waals surface area contributed by atoms with E-state index in [1.54, 1.807) is 0 Å². The van der Waals surface area contributed by atoms with Crippen molar-refractivity contribution in [3.8, 4) is 0 Å². The molecule has 6 heteroatoms. The Morgan fingerprint density at radius 2 is 2.25 bits per heavy atom. The highest BCUT2D eigenvalue weighted by atomic mass is 32.2. The summed E-state index contributed by atoms with van der Waals surface area (Å²) in [6.07, 6.45) is 0.937. The molecule has 1 aliphatic heterocycles. The maximum atomic E-state index is 13.2. The number of benzene rings is 1. The number of nitrogens with one attached hydrogen (secondary N) is 1. The van der Waals surface area contributed by atoms with Gasteiger partial charge in [-0.3, -0.25) is 4.21 Å². The summed E-state index contributed by atoms with van der Waals surface area (Å²) in [7, 11) is -1.35. The van der Waals surface area contributed by atoms with Gasteiger partial charge in [0, 0.05) is 29.2 Å². The van der Waals surface area contributed by atoms with Gasteiger partial charge in [-0.15, -0.1) is 0 Å². The molecule has 3 unspecified atom stereocenters. The van der Waals surface area contributed by atoms with Crippen molar-refractivity contribution in [3.63, 3.8) is 0 Å². The molecule has 3 nitrogen and oxygen atoms in total. The Morgan fingerprint density at radius 3 is 2.85 bits per heavy atom.